The molecule has 1 unspecified atom stereocenters. The number of hydrogen-bond donors (Lipinski definition) is 2. The monoisotopic (exact) mass is 248 g/mol. The quantitative estimate of drug-likeness (QED) is 0.847. The number of ether oxygens (including phenoxy) is 1. The Hall–Kier alpha value is -1.39. The van der Waals surface area contributed by atoms with Crippen LogP contribution < -0.4 is 11.1 Å². The van der Waals surface area contributed by atoms with Gasteiger partial charge < -0.3 is 15.8 Å². The number of primary amides is 1. The molecule has 0 spiro atoms. The van der Waals surface area contributed by atoms with Crippen molar-refractivity contribution in [2.75, 3.05) is 6.61 Å². The average molecular weight is 248 g/mol. The van der Waals surface area contributed by atoms with Crippen molar-refractivity contribution in [3.63, 3.8) is 0 Å². The first-order valence-electron chi connectivity index (χ1n) is 6.22. The molecule has 18 heavy (non-hydrogen) atoms. The van der Waals surface area contributed by atoms with E-state index in [1.54, 1.807) is 12.1 Å². The second kappa shape index (κ2) is 5.08. The first-order valence-corrected chi connectivity index (χ1v) is 6.22. The molecular formula is C14H20N2O2. The van der Waals surface area contributed by atoms with Gasteiger partial charge in [0, 0.05) is 18.2 Å². The third-order valence-corrected chi connectivity index (χ3v) is 3.25. The van der Waals surface area contributed by atoms with Crippen LogP contribution in [0.2, 0.25) is 0 Å². The number of nitrogens with two attached hydrogens (primary N) is 1. The van der Waals surface area contributed by atoms with Crippen molar-refractivity contribution in [2.45, 2.75) is 38.5 Å². The van der Waals surface area contributed by atoms with Crippen molar-refractivity contribution >= 4 is 5.91 Å². The third kappa shape index (κ3) is 3.31. The second-order valence-electron chi connectivity index (χ2n) is 5.41. The minimum Gasteiger partial charge on any atom is -0.374 e. The summed E-state index contributed by atoms with van der Waals surface area (Å²) in [5.74, 6) is -0.388. The molecule has 0 aromatic heterocycles. The van der Waals surface area contributed by atoms with E-state index in [2.05, 4.69) is 19.2 Å². The van der Waals surface area contributed by atoms with Crippen molar-refractivity contribution in [3.05, 3.63) is 35.4 Å². The summed E-state index contributed by atoms with van der Waals surface area (Å²) in [5.41, 5.74) is 6.86. The zero-order valence-corrected chi connectivity index (χ0v) is 10.9. The average Bonchev–Trinajstić information content (AvgIpc) is 2.67. The lowest BCUT2D eigenvalue weighted by molar-refractivity contribution is 0.0357. The van der Waals surface area contributed by atoms with Gasteiger partial charge in [-0.3, -0.25) is 4.79 Å². The molecule has 1 aliphatic heterocycles. The highest BCUT2D eigenvalue weighted by atomic mass is 16.5. The number of amides is 1. The predicted octanol–water partition coefficient (Wildman–Crippen LogP) is 1.44. The molecule has 3 N–H and O–H groups in total. The van der Waals surface area contributed by atoms with E-state index in [9.17, 15) is 4.79 Å². The maximum absolute atomic E-state index is 10.9. The Balaban J connectivity index is 1.85. The van der Waals surface area contributed by atoms with E-state index in [-0.39, 0.29) is 11.5 Å². The Kier molecular flexibility index (Phi) is 3.68. The van der Waals surface area contributed by atoms with Crippen molar-refractivity contribution in [2.24, 2.45) is 5.73 Å². The minimum absolute atomic E-state index is 0.0203. The van der Waals surface area contributed by atoms with Crippen LogP contribution in [0.4, 0.5) is 0 Å². The zero-order chi connectivity index (χ0) is 13.2. The number of nitrogens with one attached hydrogen (secondary N) is 1. The van der Waals surface area contributed by atoms with E-state index in [0.717, 1.165) is 25.1 Å². The standard InChI is InChI=1S/C14H20N2O2/c1-14(2)7-12(9-18-14)16-8-10-3-5-11(6-4-10)13(15)17/h3-6,12,16H,7-9H2,1-2H3,(H2,15,17). The normalized spacial score (nSPS) is 22.0. The number of benzene rings is 1. The van der Waals surface area contributed by atoms with Crippen LogP contribution in [0.15, 0.2) is 24.3 Å². The minimum atomic E-state index is -0.388. The molecule has 1 fully saturated rings. The van der Waals surface area contributed by atoms with Crippen LogP contribution in [-0.2, 0) is 11.3 Å². The van der Waals surface area contributed by atoms with Gasteiger partial charge in [-0.1, -0.05) is 12.1 Å². The smallest absolute Gasteiger partial charge is 0.248 e. The second-order valence-corrected chi connectivity index (χ2v) is 5.41. The maximum atomic E-state index is 10.9. The summed E-state index contributed by atoms with van der Waals surface area (Å²) in [4.78, 5) is 10.9. The van der Waals surface area contributed by atoms with Crippen LogP contribution in [0.1, 0.15) is 36.2 Å². The summed E-state index contributed by atoms with van der Waals surface area (Å²) in [5, 5.41) is 3.46. The lowest BCUT2D eigenvalue weighted by Gasteiger charge is -2.16. The molecule has 0 bridgehead atoms. The number of carbonyl (C=O) groups excluding carboxylic acids is 1. The lowest BCUT2D eigenvalue weighted by atomic mass is 10.0. The molecule has 0 radical (unpaired) electrons. The van der Waals surface area contributed by atoms with Gasteiger partial charge in [0.25, 0.3) is 0 Å². The fourth-order valence-corrected chi connectivity index (χ4v) is 2.22. The van der Waals surface area contributed by atoms with Crippen molar-refractivity contribution in [3.8, 4) is 0 Å². The molecule has 1 atom stereocenters. The molecule has 1 saturated heterocycles. The van der Waals surface area contributed by atoms with Gasteiger partial charge >= 0.3 is 0 Å². The topological polar surface area (TPSA) is 64.3 Å². The van der Waals surface area contributed by atoms with E-state index in [4.69, 9.17) is 10.5 Å². The molecule has 4 nitrogen and oxygen atoms in total. The number of rotatable bonds is 4. The fraction of sp³-hybridized carbons (Fsp3) is 0.500. The predicted molar refractivity (Wildman–Crippen MR) is 70.2 cm³/mol. The van der Waals surface area contributed by atoms with Gasteiger partial charge in [-0.2, -0.15) is 0 Å². The molecule has 1 aliphatic rings. The SMILES string of the molecule is CC1(C)CC(NCc2ccc(C(N)=O)cc2)CO1. The highest BCUT2D eigenvalue weighted by Gasteiger charge is 2.31. The summed E-state index contributed by atoms with van der Waals surface area (Å²) in [6, 6.07) is 7.76. The van der Waals surface area contributed by atoms with Crippen molar-refractivity contribution in [1.29, 1.82) is 0 Å². The molecule has 1 aromatic rings. The Morgan fingerprint density at radius 2 is 2.11 bits per heavy atom. The molecule has 1 aromatic carbocycles. The summed E-state index contributed by atoms with van der Waals surface area (Å²) in [7, 11) is 0. The van der Waals surface area contributed by atoms with Crippen LogP contribution in [-0.4, -0.2) is 24.2 Å². The van der Waals surface area contributed by atoms with E-state index in [1.807, 2.05) is 12.1 Å². The van der Waals surface area contributed by atoms with Gasteiger partial charge in [-0.05, 0) is 38.0 Å². The van der Waals surface area contributed by atoms with Crippen LogP contribution in [0.25, 0.3) is 0 Å². The van der Waals surface area contributed by atoms with E-state index in [0.29, 0.717) is 11.6 Å². The Bertz CT molecular complexity index is 426. The molecular weight excluding hydrogens is 228 g/mol. The highest BCUT2D eigenvalue weighted by Crippen LogP contribution is 2.24. The molecule has 2 rings (SSSR count). The Morgan fingerprint density at radius 1 is 1.44 bits per heavy atom. The highest BCUT2D eigenvalue weighted by molar-refractivity contribution is 5.92. The first kappa shape index (κ1) is 13.1. The summed E-state index contributed by atoms with van der Waals surface area (Å²) in [6.07, 6.45) is 1.02. The largest absolute Gasteiger partial charge is 0.374 e. The summed E-state index contributed by atoms with van der Waals surface area (Å²) >= 11 is 0. The van der Waals surface area contributed by atoms with Crippen LogP contribution >= 0.6 is 0 Å². The van der Waals surface area contributed by atoms with Gasteiger partial charge in [0.2, 0.25) is 5.91 Å². The fourth-order valence-electron chi connectivity index (χ4n) is 2.22. The molecule has 98 valence electrons. The van der Waals surface area contributed by atoms with E-state index >= 15 is 0 Å². The third-order valence-electron chi connectivity index (χ3n) is 3.25. The van der Waals surface area contributed by atoms with Gasteiger partial charge in [-0.15, -0.1) is 0 Å². The summed E-state index contributed by atoms with van der Waals surface area (Å²) in [6.45, 7) is 5.75. The molecule has 0 aliphatic carbocycles. The van der Waals surface area contributed by atoms with Gasteiger partial charge in [0.05, 0.1) is 12.2 Å². The van der Waals surface area contributed by atoms with E-state index in [1.165, 1.54) is 0 Å². The molecule has 0 saturated carbocycles. The van der Waals surface area contributed by atoms with Crippen molar-refractivity contribution in [1.82, 2.24) is 5.32 Å². The Morgan fingerprint density at radius 3 is 2.61 bits per heavy atom. The maximum Gasteiger partial charge on any atom is 0.248 e. The van der Waals surface area contributed by atoms with Crippen LogP contribution in [0.5, 0.6) is 0 Å². The van der Waals surface area contributed by atoms with Gasteiger partial charge in [0.1, 0.15) is 0 Å². The Labute approximate surface area is 108 Å². The molecule has 1 heterocycles. The van der Waals surface area contributed by atoms with Gasteiger partial charge in [-0.25, -0.2) is 0 Å². The molecule has 4 heteroatoms. The van der Waals surface area contributed by atoms with Gasteiger partial charge in [0.15, 0.2) is 0 Å². The number of carbonyl (C=O) groups is 1. The zero-order valence-electron chi connectivity index (χ0n) is 10.9. The first-order chi connectivity index (χ1) is 8.46. The van der Waals surface area contributed by atoms with Crippen LogP contribution in [0, 0.1) is 0 Å². The van der Waals surface area contributed by atoms with Crippen molar-refractivity contribution < 1.29 is 9.53 Å². The number of hydrogen-bond acceptors (Lipinski definition) is 3. The van der Waals surface area contributed by atoms with Crippen LogP contribution in [0.3, 0.4) is 0 Å². The lowest BCUT2D eigenvalue weighted by Crippen LogP contribution is -2.30. The van der Waals surface area contributed by atoms with E-state index < -0.39 is 0 Å². The molecule has 1 amide bonds. The summed E-state index contributed by atoms with van der Waals surface area (Å²) < 4.78 is 5.67.